The molecule has 2 N–H and O–H groups in total. The molecule has 0 unspecified atom stereocenters. The van der Waals surface area contributed by atoms with Crippen LogP contribution in [0.25, 0.3) is 16.9 Å². The van der Waals surface area contributed by atoms with Gasteiger partial charge in [0.15, 0.2) is 11.6 Å². The maximum atomic E-state index is 11.1. The minimum absolute atomic E-state index is 0. The number of fused-ring (bicyclic) bond motifs is 1. The van der Waals surface area contributed by atoms with Crippen LogP contribution in [0.15, 0.2) is 140 Å². The van der Waals surface area contributed by atoms with E-state index < -0.39 is 17.5 Å². The first-order valence-electron chi connectivity index (χ1n) is 20.6. The quantitative estimate of drug-likeness (QED) is 0.0604. The van der Waals surface area contributed by atoms with Crippen molar-refractivity contribution in [2.24, 2.45) is 0 Å². The van der Waals surface area contributed by atoms with Gasteiger partial charge in [0.2, 0.25) is 0 Å². The van der Waals surface area contributed by atoms with Crippen LogP contribution in [-0.4, -0.2) is 63.1 Å². The number of pyridine rings is 3. The number of nitrogen functional groups attached to an aromatic ring is 1. The molecule has 0 bridgehead atoms. The van der Waals surface area contributed by atoms with Crippen molar-refractivity contribution >= 4 is 70.1 Å². The van der Waals surface area contributed by atoms with E-state index in [4.69, 9.17) is 40.9 Å². The van der Waals surface area contributed by atoms with E-state index in [1.807, 2.05) is 183 Å². The first-order valence-corrected chi connectivity index (χ1v) is 21.8. The van der Waals surface area contributed by atoms with Gasteiger partial charge < -0.3 is 32.4 Å². The van der Waals surface area contributed by atoms with E-state index in [-0.39, 0.29) is 236 Å². The summed E-state index contributed by atoms with van der Waals surface area (Å²) in [4.78, 5) is 55.9. The van der Waals surface area contributed by atoms with Crippen molar-refractivity contribution in [2.75, 3.05) is 11.6 Å². The van der Waals surface area contributed by atoms with Gasteiger partial charge >= 0.3 is 6.03 Å². The number of benzene rings is 2. The Bertz CT molecular complexity index is 2040. The van der Waals surface area contributed by atoms with Gasteiger partial charge in [0.1, 0.15) is 17.0 Å². The summed E-state index contributed by atoms with van der Waals surface area (Å²) in [5, 5.41) is 0. The smallest absolute Gasteiger partial charge is 0.357 e. The first kappa shape index (κ1) is 101. The van der Waals surface area contributed by atoms with Gasteiger partial charge in [-0.2, -0.15) is 4.42 Å². The molecule has 0 saturated carbocycles. The Kier molecular flexibility index (Phi) is 92.7. The molecular formula is C51H75Cl3N7O4Y6-3. The van der Waals surface area contributed by atoms with Crippen LogP contribution in [0.5, 0.6) is 0 Å². The van der Waals surface area contributed by atoms with Crippen LogP contribution in [0.1, 0.15) is 111 Å². The molecule has 6 aromatic rings. The molecule has 2 aromatic carbocycles. The third-order valence-corrected chi connectivity index (χ3v) is 8.04. The number of aromatic nitrogens is 4. The number of anilines is 1. The van der Waals surface area contributed by atoms with E-state index in [9.17, 15) is 19.2 Å². The van der Waals surface area contributed by atoms with Gasteiger partial charge in [-0.25, -0.2) is 19.2 Å². The standard InChI is InChI=1S/C12H9N3.C8H7ClO.C8H8O.C5H6Cl2N2O2.C5H6N2.5C2H6.3CH3.6Y/c1-2-7-15-9-11(14-12(15)5-1)10-4-3-6-13-8-10;9-6-8(10)7-4-2-1-3-5-7;1-7(9)8-5-3-2-4-6-8;1-5(2)3(10)8(6)4(11)9(5)7;6-5-3-1-2-4-7-5;5*1-2;;;;;;;;;/h1-9H;1-5H,6H2;2-6H,1H3;1-2H3;1-4H,(H2,6,7);5*1-2H3;3*1H3;;;;;;/q;;;;;;;;;;3*-1;;;;;;. The first-order chi connectivity index (χ1) is 29.9. The number of amides is 3. The Morgan fingerprint density at radius 2 is 1.07 bits per heavy atom. The summed E-state index contributed by atoms with van der Waals surface area (Å²) in [7, 11) is 0. The minimum Gasteiger partial charge on any atom is -0.384 e. The minimum atomic E-state index is -1.04. The number of urea groups is 1. The molecule has 0 spiro atoms. The second-order valence-corrected chi connectivity index (χ2v) is 12.1. The number of rotatable bonds is 4. The average molecular weight is 1490 g/mol. The van der Waals surface area contributed by atoms with Gasteiger partial charge in [-0.3, -0.25) is 19.4 Å². The van der Waals surface area contributed by atoms with Crippen LogP contribution in [-0.2, 0) is 201 Å². The van der Waals surface area contributed by atoms with Crippen molar-refractivity contribution in [3.63, 3.8) is 0 Å². The molecule has 5 heterocycles. The summed E-state index contributed by atoms with van der Waals surface area (Å²) in [5.41, 5.74) is 8.61. The van der Waals surface area contributed by atoms with Crippen LogP contribution in [0.3, 0.4) is 0 Å². The third-order valence-electron chi connectivity index (χ3n) is 6.93. The second-order valence-electron chi connectivity index (χ2n) is 11.1. The number of hydrogen-bond acceptors (Lipinski definition) is 8. The molecule has 6 radical (unpaired) electrons. The van der Waals surface area contributed by atoms with Crippen LogP contribution >= 0.6 is 35.2 Å². The summed E-state index contributed by atoms with van der Waals surface area (Å²) in [6, 6.07) is 32.8. The maximum absolute atomic E-state index is 11.1. The summed E-state index contributed by atoms with van der Waals surface area (Å²) < 4.78 is 3.26. The number of hydrogen-bond donors (Lipinski definition) is 1. The Balaban J connectivity index is -0.0000000577. The zero-order valence-corrected chi connectivity index (χ0v) is 64.3. The molecule has 0 atom stereocenters. The number of imide groups is 1. The molecule has 1 fully saturated rings. The molecule has 7 rings (SSSR count). The van der Waals surface area contributed by atoms with Crippen LogP contribution in [0.2, 0.25) is 0 Å². The number of carbonyl (C=O) groups excluding carboxylic acids is 4. The van der Waals surface area contributed by atoms with Crippen molar-refractivity contribution in [1.29, 1.82) is 0 Å². The van der Waals surface area contributed by atoms with E-state index in [0.29, 0.717) is 15.8 Å². The molecule has 71 heavy (non-hydrogen) atoms. The van der Waals surface area contributed by atoms with E-state index >= 15 is 0 Å². The molecule has 11 nitrogen and oxygen atoms in total. The fraction of sp³-hybridized carbons (Fsp3) is 0.294. The van der Waals surface area contributed by atoms with E-state index in [1.165, 1.54) is 13.8 Å². The van der Waals surface area contributed by atoms with Gasteiger partial charge in [-0.1, -0.05) is 142 Å². The predicted octanol–water partition coefficient (Wildman–Crippen LogP) is 14.9. The van der Waals surface area contributed by atoms with E-state index in [2.05, 4.69) is 15.0 Å². The monoisotopic (exact) mass is 1490 g/mol. The van der Waals surface area contributed by atoms with E-state index in [0.717, 1.165) is 26.9 Å². The summed E-state index contributed by atoms with van der Waals surface area (Å²) >= 11 is 16.1. The van der Waals surface area contributed by atoms with Crippen molar-refractivity contribution in [3.05, 3.63) is 174 Å². The molecule has 1 aliphatic heterocycles. The number of nitrogens with two attached hydrogens (primary N) is 1. The topological polar surface area (TPSA) is 144 Å². The average Bonchev–Trinajstić information content (AvgIpc) is 3.84. The predicted molar refractivity (Wildman–Crippen MR) is 281 cm³/mol. The fourth-order valence-corrected chi connectivity index (χ4v) is 4.69. The molecule has 4 aromatic heterocycles. The zero-order chi connectivity index (χ0) is 48.1. The van der Waals surface area contributed by atoms with Gasteiger partial charge in [0.05, 0.1) is 11.6 Å². The maximum Gasteiger partial charge on any atom is 0.357 e. The molecule has 1 aliphatic rings. The van der Waals surface area contributed by atoms with Crippen LogP contribution in [0, 0.1) is 22.3 Å². The summed E-state index contributed by atoms with van der Waals surface area (Å²) in [6.07, 6.45) is 9.24. The van der Waals surface area contributed by atoms with Crippen molar-refractivity contribution in [2.45, 2.75) is 95.5 Å². The normalized spacial score (nSPS) is 9.58. The summed E-state index contributed by atoms with van der Waals surface area (Å²) in [6.45, 7) is 24.6. The van der Waals surface area contributed by atoms with Gasteiger partial charge in [0, 0.05) is 267 Å². The largest absolute Gasteiger partial charge is 0.384 e. The van der Waals surface area contributed by atoms with Crippen LogP contribution in [0.4, 0.5) is 10.6 Å². The van der Waals surface area contributed by atoms with Crippen molar-refractivity contribution < 1.29 is 215 Å². The Labute approximate surface area is 595 Å². The number of ketones is 2. The Morgan fingerprint density at radius 1 is 0.620 bits per heavy atom. The molecule has 3 amide bonds. The fourth-order valence-electron chi connectivity index (χ4n) is 4.07. The molecular weight excluding hydrogens is 1410 g/mol. The molecule has 1 saturated heterocycles. The van der Waals surface area contributed by atoms with Crippen molar-refractivity contribution in [3.8, 4) is 11.3 Å². The second kappa shape index (κ2) is 65.3. The Morgan fingerprint density at radius 3 is 1.37 bits per heavy atom. The number of Topliss-reactive ketones (excluding diaryl/α,β-unsaturated/α-hetero) is 2. The molecule has 380 valence electrons. The Hall–Kier alpha value is 1.00. The van der Waals surface area contributed by atoms with Crippen molar-refractivity contribution in [1.82, 2.24) is 28.2 Å². The molecule has 20 heteroatoms. The summed E-state index contributed by atoms with van der Waals surface area (Å²) in [5.74, 6) is 0.212. The van der Waals surface area contributed by atoms with Gasteiger partial charge in [-0.05, 0) is 57.2 Å². The zero-order valence-electron chi connectivity index (χ0n) is 45.0. The number of alkyl halides is 1. The molecule has 0 aliphatic carbocycles. The van der Waals surface area contributed by atoms with Gasteiger partial charge in [0.25, 0.3) is 5.91 Å². The van der Waals surface area contributed by atoms with Crippen LogP contribution < -0.4 is 5.73 Å². The number of imidazole rings is 1. The third kappa shape index (κ3) is 41.7. The number of carbonyl (C=O) groups is 4. The van der Waals surface area contributed by atoms with E-state index in [1.54, 1.807) is 37.5 Å². The SMILES string of the molecule is CC.CC.CC.CC.CC.CC(=O)c1ccccc1.CC1(C)C(=O)N(Cl)C(=O)N1Cl.Nc1ccccn1.O=C(CCl)c1ccccc1.[CH3-].[CH3-].[CH3-].[Y].[Y].[Y].[Y].[Y].[Y].c1cncc(-c2cn3ccccc3n2)c1. The number of halogens is 3. The van der Waals surface area contributed by atoms with Gasteiger partial charge in [-0.15, -0.1) is 11.6 Å². The number of nitrogens with zero attached hydrogens (tertiary/aromatic N) is 6.